The lowest BCUT2D eigenvalue weighted by Gasteiger charge is -2.39. The molecule has 156 valence electrons. The van der Waals surface area contributed by atoms with Crippen LogP contribution in [0.1, 0.15) is 0 Å². The van der Waals surface area contributed by atoms with E-state index in [1.54, 1.807) is 0 Å². The maximum absolute atomic E-state index is 6.48. The van der Waals surface area contributed by atoms with Gasteiger partial charge in [0.05, 0.1) is 0 Å². The van der Waals surface area contributed by atoms with Crippen molar-refractivity contribution in [1.82, 2.24) is 0 Å². The summed E-state index contributed by atoms with van der Waals surface area (Å²) < 4.78 is 9.21. The highest BCUT2D eigenvalue weighted by atomic mass is 32.1. The summed E-state index contributed by atoms with van der Waals surface area (Å²) in [7, 11) is -2.62. The lowest BCUT2D eigenvalue weighted by Crippen LogP contribution is -2.76. The Morgan fingerprint density at radius 3 is 1.82 bits per heavy atom. The highest BCUT2D eigenvalue weighted by Gasteiger charge is 2.48. The van der Waals surface area contributed by atoms with Crippen molar-refractivity contribution < 1.29 is 4.74 Å². The smallest absolute Gasteiger partial charge is 0.189 e. The van der Waals surface area contributed by atoms with Crippen LogP contribution in [-0.4, -0.2) is 8.07 Å². The van der Waals surface area contributed by atoms with Crippen molar-refractivity contribution in [3.8, 4) is 11.5 Å². The molecule has 0 saturated carbocycles. The second-order valence-corrected chi connectivity index (χ2v) is 13.2. The van der Waals surface area contributed by atoms with Gasteiger partial charge in [0.25, 0.3) is 0 Å². The van der Waals surface area contributed by atoms with Crippen molar-refractivity contribution >= 4 is 60.3 Å². The molecule has 0 fully saturated rings. The Hall–Kier alpha value is -3.66. The number of ether oxygens (including phenoxy) is 1. The summed E-state index contributed by atoms with van der Waals surface area (Å²) in [5.74, 6) is 1.95. The molecule has 0 saturated heterocycles. The third-order valence-electron chi connectivity index (χ3n) is 6.82. The SMILES string of the molecule is c1ccc([Si]2(c3cccc4c3sc3ccccc34)c3ccccc3Oc3ccccc32)cc1. The van der Waals surface area contributed by atoms with Crippen molar-refractivity contribution in [3.63, 3.8) is 0 Å². The molecule has 6 aromatic rings. The Labute approximate surface area is 197 Å². The van der Waals surface area contributed by atoms with E-state index in [1.807, 2.05) is 11.3 Å². The zero-order chi connectivity index (χ0) is 21.8. The topological polar surface area (TPSA) is 9.23 Å². The standard InChI is InChI=1S/C30H20OSSi/c1-2-11-21(12-3-1)33(27-18-8-5-15-24(27)31-25-16-6-9-19-28(25)33)29-20-10-14-23-22-13-4-7-17-26(22)32-30(23)29/h1-20H. The van der Waals surface area contributed by atoms with Crippen molar-refractivity contribution in [2.45, 2.75) is 0 Å². The zero-order valence-electron chi connectivity index (χ0n) is 17.9. The summed E-state index contributed by atoms with van der Waals surface area (Å²) in [6.45, 7) is 0. The monoisotopic (exact) mass is 456 g/mol. The fourth-order valence-electron chi connectivity index (χ4n) is 5.48. The second kappa shape index (κ2) is 7.17. The van der Waals surface area contributed by atoms with E-state index < -0.39 is 8.07 Å². The van der Waals surface area contributed by atoms with E-state index in [0.29, 0.717) is 0 Å². The van der Waals surface area contributed by atoms with Crippen LogP contribution in [0.3, 0.4) is 0 Å². The molecule has 0 bridgehead atoms. The lowest BCUT2D eigenvalue weighted by atomic mass is 10.1. The van der Waals surface area contributed by atoms with Crippen LogP contribution in [-0.2, 0) is 0 Å². The molecule has 0 radical (unpaired) electrons. The first-order chi connectivity index (χ1) is 16.4. The summed E-state index contributed by atoms with van der Waals surface area (Å²) in [4.78, 5) is 0. The average Bonchev–Trinajstić information content (AvgIpc) is 3.27. The molecule has 33 heavy (non-hydrogen) atoms. The van der Waals surface area contributed by atoms with E-state index in [0.717, 1.165) is 11.5 Å². The van der Waals surface area contributed by atoms with E-state index in [1.165, 1.54) is 40.9 Å². The van der Waals surface area contributed by atoms with E-state index in [4.69, 9.17) is 4.74 Å². The van der Waals surface area contributed by atoms with Gasteiger partial charge >= 0.3 is 0 Å². The van der Waals surface area contributed by atoms with Gasteiger partial charge in [-0.3, -0.25) is 0 Å². The van der Waals surface area contributed by atoms with Gasteiger partial charge in [0.1, 0.15) is 11.5 Å². The molecule has 2 heterocycles. The molecule has 7 rings (SSSR count). The van der Waals surface area contributed by atoms with Gasteiger partial charge < -0.3 is 4.74 Å². The molecule has 3 heteroatoms. The fraction of sp³-hybridized carbons (Fsp3) is 0. The van der Waals surface area contributed by atoms with Crippen LogP contribution in [0.25, 0.3) is 20.2 Å². The van der Waals surface area contributed by atoms with Gasteiger partial charge in [-0.25, -0.2) is 0 Å². The summed E-state index contributed by atoms with van der Waals surface area (Å²) in [5.41, 5.74) is 0. The van der Waals surface area contributed by atoms with Crippen molar-refractivity contribution in [2.24, 2.45) is 0 Å². The molecule has 0 atom stereocenters. The average molecular weight is 457 g/mol. The minimum Gasteiger partial charge on any atom is -0.458 e. The van der Waals surface area contributed by atoms with Gasteiger partial charge in [-0.2, -0.15) is 0 Å². The highest BCUT2D eigenvalue weighted by molar-refractivity contribution is 7.31. The van der Waals surface area contributed by atoms with Gasteiger partial charge in [0, 0.05) is 20.2 Å². The van der Waals surface area contributed by atoms with E-state index in [9.17, 15) is 0 Å². The molecule has 0 spiro atoms. The molecule has 0 amide bonds. The van der Waals surface area contributed by atoms with Gasteiger partial charge in [-0.05, 0) is 38.9 Å². The number of para-hydroxylation sites is 2. The van der Waals surface area contributed by atoms with E-state index in [-0.39, 0.29) is 0 Å². The summed E-state index contributed by atoms with van der Waals surface area (Å²) in [5, 5.41) is 8.15. The summed E-state index contributed by atoms with van der Waals surface area (Å²) >= 11 is 1.92. The largest absolute Gasteiger partial charge is 0.458 e. The molecule has 0 N–H and O–H groups in total. The van der Waals surface area contributed by atoms with Crippen molar-refractivity contribution in [2.75, 3.05) is 0 Å². The predicted octanol–water partition coefficient (Wildman–Crippen LogP) is 5.54. The van der Waals surface area contributed by atoms with Crippen LogP contribution >= 0.6 is 11.3 Å². The van der Waals surface area contributed by atoms with Gasteiger partial charge in [-0.1, -0.05) is 103 Å². The molecule has 1 aliphatic rings. The number of rotatable bonds is 2. The first-order valence-corrected chi connectivity index (χ1v) is 14.0. The molecule has 0 unspecified atom stereocenters. The Morgan fingerprint density at radius 1 is 0.485 bits per heavy atom. The van der Waals surface area contributed by atoms with Crippen LogP contribution in [0.15, 0.2) is 121 Å². The highest BCUT2D eigenvalue weighted by Crippen LogP contribution is 2.36. The van der Waals surface area contributed by atoms with Crippen molar-refractivity contribution in [3.05, 3.63) is 121 Å². The van der Waals surface area contributed by atoms with Crippen LogP contribution in [0.2, 0.25) is 0 Å². The maximum Gasteiger partial charge on any atom is 0.189 e. The summed E-state index contributed by atoms with van der Waals surface area (Å²) in [6, 6.07) is 44.1. The Bertz CT molecular complexity index is 1610. The summed E-state index contributed by atoms with van der Waals surface area (Å²) in [6.07, 6.45) is 0. The second-order valence-electron chi connectivity index (χ2n) is 8.49. The Balaban J connectivity index is 1.71. The Kier molecular flexibility index (Phi) is 4.10. The van der Waals surface area contributed by atoms with Crippen LogP contribution in [0.4, 0.5) is 0 Å². The van der Waals surface area contributed by atoms with Crippen LogP contribution in [0, 0.1) is 0 Å². The molecule has 0 aliphatic carbocycles. The molecule has 1 nitrogen and oxygen atoms in total. The van der Waals surface area contributed by atoms with Crippen LogP contribution in [0.5, 0.6) is 11.5 Å². The molecular formula is C30H20OSSi. The van der Waals surface area contributed by atoms with Crippen LogP contribution < -0.4 is 25.5 Å². The van der Waals surface area contributed by atoms with Gasteiger partial charge in [-0.15, -0.1) is 11.3 Å². The third kappa shape index (κ3) is 2.58. The van der Waals surface area contributed by atoms with E-state index in [2.05, 4.69) is 121 Å². The number of fused-ring (bicyclic) bond motifs is 5. The number of benzene rings is 5. The molecule has 1 aromatic heterocycles. The Morgan fingerprint density at radius 2 is 1.06 bits per heavy atom. The number of hydrogen-bond acceptors (Lipinski definition) is 2. The molecular weight excluding hydrogens is 436 g/mol. The quantitative estimate of drug-likeness (QED) is 0.311. The van der Waals surface area contributed by atoms with Gasteiger partial charge in [0.2, 0.25) is 0 Å². The first kappa shape index (κ1) is 18.9. The fourth-order valence-corrected chi connectivity index (χ4v) is 12.2. The first-order valence-electron chi connectivity index (χ1n) is 11.2. The number of thiophene rings is 1. The molecule has 1 aliphatic heterocycles. The van der Waals surface area contributed by atoms with Gasteiger partial charge in [0.15, 0.2) is 8.07 Å². The minimum absolute atomic E-state index is 0.977. The zero-order valence-corrected chi connectivity index (χ0v) is 19.7. The number of hydrogen-bond donors (Lipinski definition) is 0. The van der Waals surface area contributed by atoms with Crippen molar-refractivity contribution in [1.29, 1.82) is 0 Å². The lowest BCUT2D eigenvalue weighted by molar-refractivity contribution is 0.487. The maximum atomic E-state index is 6.48. The van der Waals surface area contributed by atoms with E-state index >= 15 is 0 Å². The molecule has 5 aromatic carbocycles. The minimum atomic E-state index is -2.62. The normalized spacial score (nSPS) is 13.9. The predicted molar refractivity (Wildman–Crippen MR) is 143 cm³/mol. The third-order valence-corrected chi connectivity index (χ3v) is 13.1.